The van der Waals surface area contributed by atoms with E-state index in [9.17, 15) is 0 Å². The predicted molar refractivity (Wildman–Crippen MR) is 74.3 cm³/mol. The van der Waals surface area contributed by atoms with Crippen molar-refractivity contribution in [3.8, 4) is 5.75 Å². The van der Waals surface area contributed by atoms with E-state index in [0.717, 1.165) is 18.1 Å². The van der Waals surface area contributed by atoms with Crippen molar-refractivity contribution in [2.45, 2.75) is 38.1 Å². The fourth-order valence-electron chi connectivity index (χ4n) is 2.54. The molecule has 0 amide bonds. The Balaban J connectivity index is 2.02. The van der Waals surface area contributed by atoms with E-state index in [1.165, 1.54) is 35.7 Å². The first-order valence-corrected chi connectivity index (χ1v) is 7.06. The molecule has 0 heterocycles. The van der Waals surface area contributed by atoms with Gasteiger partial charge in [0, 0.05) is 10.5 Å². The third kappa shape index (κ3) is 3.46. The molecule has 3 heteroatoms. The maximum Gasteiger partial charge on any atom is 0.119 e. The van der Waals surface area contributed by atoms with Crippen molar-refractivity contribution in [3.05, 3.63) is 28.2 Å². The molecule has 2 nitrogen and oxygen atoms in total. The SMILES string of the molecule is COc1ccc(Br)c(CC2CCC(N)CC2)c1. The molecule has 0 aromatic heterocycles. The molecular weight excluding hydrogens is 278 g/mol. The molecule has 17 heavy (non-hydrogen) atoms. The number of halogens is 1. The van der Waals surface area contributed by atoms with Crippen LogP contribution in [0.3, 0.4) is 0 Å². The van der Waals surface area contributed by atoms with Gasteiger partial charge in [0.05, 0.1) is 7.11 Å². The van der Waals surface area contributed by atoms with Crippen LogP contribution in [0, 0.1) is 5.92 Å². The molecule has 0 unspecified atom stereocenters. The monoisotopic (exact) mass is 297 g/mol. The minimum absolute atomic E-state index is 0.431. The number of rotatable bonds is 3. The summed E-state index contributed by atoms with van der Waals surface area (Å²) in [5, 5.41) is 0. The highest BCUT2D eigenvalue weighted by Gasteiger charge is 2.19. The standard InChI is InChI=1S/C14H20BrNO/c1-17-13-6-7-14(15)11(9-13)8-10-2-4-12(16)5-3-10/h6-7,9-10,12H,2-5,8,16H2,1H3. The molecule has 2 rings (SSSR count). The Bertz CT molecular complexity index is 372. The van der Waals surface area contributed by atoms with Gasteiger partial charge in [0.15, 0.2) is 0 Å². The van der Waals surface area contributed by atoms with E-state index in [0.29, 0.717) is 6.04 Å². The molecule has 1 aliphatic carbocycles. The highest BCUT2D eigenvalue weighted by atomic mass is 79.9. The van der Waals surface area contributed by atoms with Gasteiger partial charge in [-0.1, -0.05) is 15.9 Å². The molecule has 0 radical (unpaired) electrons. The Morgan fingerprint density at radius 2 is 2.00 bits per heavy atom. The van der Waals surface area contributed by atoms with E-state index < -0.39 is 0 Å². The van der Waals surface area contributed by atoms with Crippen LogP contribution < -0.4 is 10.5 Å². The number of hydrogen-bond acceptors (Lipinski definition) is 2. The smallest absolute Gasteiger partial charge is 0.119 e. The van der Waals surface area contributed by atoms with Crippen LogP contribution >= 0.6 is 15.9 Å². The summed E-state index contributed by atoms with van der Waals surface area (Å²) in [5.41, 5.74) is 7.29. The minimum Gasteiger partial charge on any atom is -0.497 e. The van der Waals surface area contributed by atoms with E-state index in [1.54, 1.807) is 7.11 Å². The second-order valence-corrected chi connectivity index (χ2v) is 5.80. The van der Waals surface area contributed by atoms with Crippen LogP contribution in [-0.4, -0.2) is 13.2 Å². The molecule has 0 aliphatic heterocycles. The highest BCUT2D eigenvalue weighted by Crippen LogP contribution is 2.30. The Morgan fingerprint density at radius 3 is 2.65 bits per heavy atom. The Labute approximate surface area is 112 Å². The summed E-state index contributed by atoms with van der Waals surface area (Å²) in [5.74, 6) is 1.72. The maximum atomic E-state index is 5.94. The van der Waals surface area contributed by atoms with Crippen molar-refractivity contribution < 1.29 is 4.74 Å². The summed E-state index contributed by atoms with van der Waals surface area (Å²) >= 11 is 3.62. The van der Waals surface area contributed by atoms with Crippen LogP contribution in [-0.2, 0) is 6.42 Å². The van der Waals surface area contributed by atoms with Gasteiger partial charge in [0.2, 0.25) is 0 Å². The zero-order valence-electron chi connectivity index (χ0n) is 10.3. The summed E-state index contributed by atoms with van der Waals surface area (Å²) in [4.78, 5) is 0. The molecule has 1 aromatic rings. The Morgan fingerprint density at radius 1 is 1.29 bits per heavy atom. The molecule has 1 aliphatic rings. The van der Waals surface area contributed by atoms with Crippen LogP contribution in [0.4, 0.5) is 0 Å². The maximum absolute atomic E-state index is 5.94. The summed E-state index contributed by atoms with van der Waals surface area (Å²) in [6.45, 7) is 0. The average molecular weight is 298 g/mol. The van der Waals surface area contributed by atoms with Crippen molar-refractivity contribution in [1.82, 2.24) is 0 Å². The second kappa shape index (κ2) is 5.87. The predicted octanol–water partition coefficient (Wildman–Crippen LogP) is 3.52. The molecule has 0 bridgehead atoms. The van der Waals surface area contributed by atoms with Gasteiger partial charge in [0.25, 0.3) is 0 Å². The quantitative estimate of drug-likeness (QED) is 0.926. The lowest BCUT2D eigenvalue weighted by atomic mass is 9.83. The molecule has 94 valence electrons. The summed E-state index contributed by atoms with van der Waals surface area (Å²) in [6.07, 6.45) is 5.98. The van der Waals surface area contributed by atoms with E-state index in [4.69, 9.17) is 10.5 Å². The zero-order chi connectivity index (χ0) is 12.3. The molecule has 1 saturated carbocycles. The number of ether oxygens (including phenoxy) is 1. The Hall–Kier alpha value is -0.540. The van der Waals surface area contributed by atoms with E-state index in [1.807, 2.05) is 6.07 Å². The molecule has 1 aromatic carbocycles. The van der Waals surface area contributed by atoms with Gasteiger partial charge in [-0.15, -0.1) is 0 Å². The van der Waals surface area contributed by atoms with Crippen LogP contribution in [0.5, 0.6) is 5.75 Å². The van der Waals surface area contributed by atoms with Crippen molar-refractivity contribution in [1.29, 1.82) is 0 Å². The molecule has 0 spiro atoms. The fraction of sp³-hybridized carbons (Fsp3) is 0.571. The molecule has 0 atom stereocenters. The topological polar surface area (TPSA) is 35.2 Å². The van der Waals surface area contributed by atoms with Crippen molar-refractivity contribution in [2.24, 2.45) is 11.7 Å². The first-order chi connectivity index (χ1) is 8.19. The number of methoxy groups -OCH3 is 1. The lowest BCUT2D eigenvalue weighted by Crippen LogP contribution is -2.27. The molecule has 0 saturated heterocycles. The number of hydrogen-bond donors (Lipinski definition) is 1. The van der Waals surface area contributed by atoms with Gasteiger partial charge in [-0.25, -0.2) is 0 Å². The van der Waals surface area contributed by atoms with Crippen LogP contribution in [0.1, 0.15) is 31.2 Å². The largest absolute Gasteiger partial charge is 0.497 e. The van der Waals surface area contributed by atoms with Gasteiger partial charge in [0.1, 0.15) is 5.75 Å². The summed E-state index contributed by atoms with van der Waals surface area (Å²) < 4.78 is 6.46. The molecular formula is C14H20BrNO. The van der Waals surface area contributed by atoms with Crippen molar-refractivity contribution >= 4 is 15.9 Å². The minimum atomic E-state index is 0.431. The molecule has 2 N–H and O–H groups in total. The number of nitrogens with two attached hydrogens (primary N) is 1. The van der Waals surface area contributed by atoms with Gasteiger partial charge in [-0.2, -0.15) is 0 Å². The summed E-state index contributed by atoms with van der Waals surface area (Å²) in [6, 6.07) is 6.63. The first kappa shape index (κ1) is 12.9. The first-order valence-electron chi connectivity index (χ1n) is 6.27. The van der Waals surface area contributed by atoms with Crippen molar-refractivity contribution in [2.75, 3.05) is 7.11 Å². The van der Waals surface area contributed by atoms with Crippen molar-refractivity contribution in [3.63, 3.8) is 0 Å². The third-order valence-electron chi connectivity index (χ3n) is 3.65. The average Bonchev–Trinajstić information content (AvgIpc) is 2.35. The summed E-state index contributed by atoms with van der Waals surface area (Å²) in [7, 11) is 1.71. The number of benzene rings is 1. The second-order valence-electron chi connectivity index (χ2n) is 4.94. The van der Waals surface area contributed by atoms with E-state index in [-0.39, 0.29) is 0 Å². The van der Waals surface area contributed by atoms with Gasteiger partial charge in [-0.05, 0) is 61.8 Å². The lowest BCUT2D eigenvalue weighted by molar-refractivity contribution is 0.324. The van der Waals surface area contributed by atoms with Gasteiger partial charge < -0.3 is 10.5 Å². The van der Waals surface area contributed by atoms with Gasteiger partial charge in [-0.3, -0.25) is 0 Å². The zero-order valence-corrected chi connectivity index (χ0v) is 11.9. The normalized spacial score (nSPS) is 24.6. The van der Waals surface area contributed by atoms with Crippen LogP contribution in [0.25, 0.3) is 0 Å². The lowest BCUT2D eigenvalue weighted by Gasteiger charge is -2.26. The van der Waals surface area contributed by atoms with Gasteiger partial charge >= 0.3 is 0 Å². The van der Waals surface area contributed by atoms with E-state index in [2.05, 4.69) is 28.1 Å². The highest BCUT2D eigenvalue weighted by molar-refractivity contribution is 9.10. The Kier molecular flexibility index (Phi) is 4.46. The molecule has 1 fully saturated rings. The van der Waals surface area contributed by atoms with Crippen LogP contribution in [0.15, 0.2) is 22.7 Å². The third-order valence-corrected chi connectivity index (χ3v) is 4.43. The fourth-order valence-corrected chi connectivity index (χ4v) is 2.95. The van der Waals surface area contributed by atoms with Crippen LogP contribution in [0.2, 0.25) is 0 Å². The van der Waals surface area contributed by atoms with E-state index >= 15 is 0 Å².